The van der Waals surface area contributed by atoms with E-state index in [0.29, 0.717) is 6.04 Å². The van der Waals surface area contributed by atoms with Gasteiger partial charge in [0.15, 0.2) is 0 Å². The molecule has 0 bridgehead atoms. The topological polar surface area (TPSA) is 37.8 Å². The van der Waals surface area contributed by atoms with Crippen LogP contribution in [0.15, 0.2) is 42.9 Å². The summed E-state index contributed by atoms with van der Waals surface area (Å²) in [6, 6.07) is 8.73. The molecule has 1 saturated carbocycles. The molecule has 1 aliphatic rings. The molecule has 0 aromatic carbocycles. The van der Waals surface area contributed by atoms with E-state index in [1.807, 2.05) is 30.6 Å². The molecule has 1 N–H and O–H groups in total. The lowest BCUT2D eigenvalue weighted by atomic mass is 10.1. The van der Waals surface area contributed by atoms with Crippen LogP contribution < -0.4 is 5.32 Å². The molecule has 16 heavy (non-hydrogen) atoms. The second-order valence-electron chi connectivity index (χ2n) is 4.09. The lowest BCUT2D eigenvalue weighted by Gasteiger charge is -2.04. The summed E-state index contributed by atoms with van der Waals surface area (Å²) in [5, 5.41) is 3.37. The summed E-state index contributed by atoms with van der Waals surface area (Å²) in [6.07, 6.45) is 8.06. The fourth-order valence-corrected chi connectivity index (χ4v) is 1.62. The number of anilines is 1. The molecule has 0 aliphatic heterocycles. The van der Waals surface area contributed by atoms with Gasteiger partial charge in [-0.2, -0.15) is 0 Å². The van der Waals surface area contributed by atoms with Crippen molar-refractivity contribution < 1.29 is 0 Å². The Labute approximate surface area is 94.6 Å². The maximum atomic E-state index is 4.40. The second kappa shape index (κ2) is 3.93. The van der Waals surface area contributed by atoms with Gasteiger partial charge in [-0.25, -0.2) is 4.98 Å². The zero-order valence-electron chi connectivity index (χ0n) is 8.93. The van der Waals surface area contributed by atoms with E-state index in [-0.39, 0.29) is 0 Å². The highest BCUT2D eigenvalue weighted by Crippen LogP contribution is 2.24. The molecule has 0 radical (unpaired) electrons. The molecule has 1 fully saturated rings. The molecule has 0 unspecified atom stereocenters. The number of pyridine rings is 2. The highest BCUT2D eigenvalue weighted by molar-refractivity contribution is 5.62. The predicted molar refractivity (Wildman–Crippen MR) is 64.1 cm³/mol. The van der Waals surface area contributed by atoms with E-state index in [1.54, 1.807) is 6.20 Å². The summed E-state index contributed by atoms with van der Waals surface area (Å²) in [6.45, 7) is 0. The highest BCUT2D eigenvalue weighted by atomic mass is 15.0. The van der Waals surface area contributed by atoms with Gasteiger partial charge in [0.1, 0.15) is 5.82 Å². The molecule has 2 aromatic heterocycles. The first-order valence-corrected chi connectivity index (χ1v) is 5.55. The zero-order chi connectivity index (χ0) is 10.8. The van der Waals surface area contributed by atoms with E-state index in [1.165, 1.54) is 12.8 Å². The van der Waals surface area contributed by atoms with Crippen LogP contribution in [-0.4, -0.2) is 16.0 Å². The number of hydrogen-bond acceptors (Lipinski definition) is 3. The quantitative estimate of drug-likeness (QED) is 0.848. The Hall–Kier alpha value is -1.90. The van der Waals surface area contributed by atoms with Gasteiger partial charge in [-0.3, -0.25) is 4.98 Å². The SMILES string of the molecule is c1cncc(-c2ccc(NC3CC3)nc2)c1. The monoisotopic (exact) mass is 211 g/mol. The summed E-state index contributed by atoms with van der Waals surface area (Å²) in [7, 11) is 0. The van der Waals surface area contributed by atoms with Crippen molar-refractivity contribution in [1.82, 2.24) is 9.97 Å². The van der Waals surface area contributed by atoms with Gasteiger partial charge in [-0.05, 0) is 31.0 Å². The minimum Gasteiger partial charge on any atom is -0.367 e. The molecular formula is C13H13N3. The van der Waals surface area contributed by atoms with Crippen LogP contribution in [0.1, 0.15) is 12.8 Å². The minimum atomic E-state index is 0.650. The van der Waals surface area contributed by atoms with Gasteiger partial charge in [-0.1, -0.05) is 6.07 Å². The van der Waals surface area contributed by atoms with E-state index in [2.05, 4.69) is 21.4 Å². The van der Waals surface area contributed by atoms with Gasteiger partial charge in [-0.15, -0.1) is 0 Å². The predicted octanol–water partition coefficient (Wildman–Crippen LogP) is 2.72. The summed E-state index contributed by atoms with van der Waals surface area (Å²) < 4.78 is 0. The second-order valence-corrected chi connectivity index (χ2v) is 4.09. The average molecular weight is 211 g/mol. The Bertz CT molecular complexity index is 460. The van der Waals surface area contributed by atoms with E-state index < -0.39 is 0 Å². The molecule has 3 nitrogen and oxygen atoms in total. The van der Waals surface area contributed by atoms with Crippen LogP contribution in [-0.2, 0) is 0 Å². The Balaban J connectivity index is 1.81. The van der Waals surface area contributed by atoms with Crippen molar-refractivity contribution in [3.63, 3.8) is 0 Å². The molecule has 0 spiro atoms. The molecular weight excluding hydrogens is 198 g/mol. The van der Waals surface area contributed by atoms with Crippen LogP contribution in [0, 0.1) is 0 Å². The lowest BCUT2D eigenvalue weighted by molar-refractivity contribution is 1.11. The largest absolute Gasteiger partial charge is 0.367 e. The van der Waals surface area contributed by atoms with Crippen molar-refractivity contribution in [2.75, 3.05) is 5.32 Å². The molecule has 0 saturated heterocycles. The summed E-state index contributed by atoms with van der Waals surface area (Å²) in [5.41, 5.74) is 2.21. The third-order valence-electron chi connectivity index (χ3n) is 2.69. The average Bonchev–Trinajstić information content (AvgIpc) is 3.15. The molecule has 0 amide bonds. The van der Waals surface area contributed by atoms with Gasteiger partial charge < -0.3 is 5.32 Å². The van der Waals surface area contributed by atoms with Crippen LogP contribution in [0.4, 0.5) is 5.82 Å². The van der Waals surface area contributed by atoms with E-state index >= 15 is 0 Å². The zero-order valence-corrected chi connectivity index (χ0v) is 8.93. The molecule has 3 rings (SSSR count). The van der Waals surface area contributed by atoms with Crippen LogP contribution in [0.5, 0.6) is 0 Å². The van der Waals surface area contributed by atoms with Crippen molar-refractivity contribution in [2.45, 2.75) is 18.9 Å². The standard InChI is InChI=1S/C13H13N3/c1-2-10(8-14-7-1)11-3-6-13(15-9-11)16-12-4-5-12/h1-3,6-9,12H,4-5H2,(H,15,16). The molecule has 0 atom stereocenters. The maximum Gasteiger partial charge on any atom is 0.126 e. The maximum absolute atomic E-state index is 4.40. The van der Waals surface area contributed by atoms with Crippen LogP contribution >= 0.6 is 0 Å². The van der Waals surface area contributed by atoms with Crippen molar-refractivity contribution in [2.24, 2.45) is 0 Å². The molecule has 80 valence electrons. The van der Waals surface area contributed by atoms with Crippen LogP contribution in [0.2, 0.25) is 0 Å². The van der Waals surface area contributed by atoms with Gasteiger partial charge in [0.05, 0.1) is 0 Å². The van der Waals surface area contributed by atoms with Crippen molar-refractivity contribution in [3.8, 4) is 11.1 Å². The van der Waals surface area contributed by atoms with Crippen LogP contribution in [0.3, 0.4) is 0 Å². The fraction of sp³-hybridized carbons (Fsp3) is 0.231. The summed E-state index contributed by atoms with van der Waals surface area (Å²) in [4.78, 5) is 8.49. The summed E-state index contributed by atoms with van der Waals surface area (Å²) in [5.74, 6) is 0.968. The molecule has 2 aromatic rings. The molecule has 2 heterocycles. The Morgan fingerprint density at radius 3 is 2.56 bits per heavy atom. The van der Waals surface area contributed by atoms with Crippen molar-refractivity contribution in [3.05, 3.63) is 42.9 Å². The number of aromatic nitrogens is 2. The van der Waals surface area contributed by atoms with Crippen molar-refractivity contribution >= 4 is 5.82 Å². The number of hydrogen-bond donors (Lipinski definition) is 1. The first-order valence-electron chi connectivity index (χ1n) is 5.55. The summed E-state index contributed by atoms with van der Waals surface area (Å²) >= 11 is 0. The number of rotatable bonds is 3. The third kappa shape index (κ3) is 2.03. The smallest absolute Gasteiger partial charge is 0.126 e. The normalized spacial score (nSPS) is 14.8. The van der Waals surface area contributed by atoms with Crippen molar-refractivity contribution in [1.29, 1.82) is 0 Å². The Morgan fingerprint density at radius 1 is 1.06 bits per heavy atom. The Kier molecular flexibility index (Phi) is 2.29. The van der Waals surface area contributed by atoms with Gasteiger partial charge in [0.25, 0.3) is 0 Å². The fourth-order valence-electron chi connectivity index (χ4n) is 1.62. The minimum absolute atomic E-state index is 0.650. The number of nitrogens with zero attached hydrogens (tertiary/aromatic N) is 2. The highest BCUT2D eigenvalue weighted by Gasteiger charge is 2.20. The van der Waals surface area contributed by atoms with Crippen LogP contribution in [0.25, 0.3) is 11.1 Å². The molecule has 3 heteroatoms. The van der Waals surface area contributed by atoms with E-state index in [0.717, 1.165) is 16.9 Å². The van der Waals surface area contributed by atoms with E-state index in [9.17, 15) is 0 Å². The van der Waals surface area contributed by atoms with Gasteiger partial charge in [0, 0.05) is 35.8 Å². The number of nitrogens with one attached hydrogen (secondary N) is 1. The lowest BCUT2D eigenvalue weighted by Crippen LogP contribution is -2.02. The molecule has 1 aliphatic carbocycles. The first-order chi connectivity index (χ1) is 7.92. The van der Waals surface area contributed by atoms with Gasteiger partial charge in [0.2, 0.25) is 0 Å². The van der Waals surface area contributed by atoms with Gasteiger partial charge >= 0.3 is 0 Å². The Morgan fingerprint density at radius 2 is 1.94 bits per heavy atom. The third-order valence-corrected chi connectivity index (χ3v) is 2.69. The van der Waals surface area contributed by atoms with E-state index in [4.69, 9.17) is 0 Å². The first kappa shape index (κ1) is 9.33.